The lowest BCUT2D eigenvalue weighted by molar-refractivity contribution is -0.113. The number of carbonyl (C=O) groups excluding carboxylic acids is 2. The molecule has 2 aliphatic rings. The molecule has 0 unspecified atom stereocenters. The number of carbonyl (C=O) groups is 2. The number of nitrogens with zero attached hydrogens (tertiary/aromatic N) is 5. The first-order chi connectivity index (χ1) is 19.6. The lowest BCUT2D eigenvalue weighted by atomic mass is 10.1. The van der Waals surface area contributed by atoms with Gasteiger partial charge in [0.2, 0.25) is 5.95 Å². The second kappa shape index (κ2) is 11.7. The number of amides is 2. The fraction of sp³-hybridized carbons (Fsp3) is 0.393. The zero-order valence-electron chi connectivity index (χ0n) is 23.4. The normalized spacial score (nSPS) is 16.1. The fourth-order valence-corrected chi connectivity index (χ4v) is 6.03. The molecular weight excluding hydrogens is 567 g/mol. The number of aromatic nitrogens is 4. The van der Waals surface area contributed by atoms with Crippen molar-refractivity contribution in [3.05, 3.63) is 55.7 Å². The molecule has 2 amide bonds. The van der Waals surface area contributed by atoms with Gasteiger partial charge in [-0.3, -0.25) is 19.5 Å². The average Bonchev–Trinajstić information content (AvgIpc) is 3.60. The molecule has 1 fully saturated rings. The van der Waals surface area contributed by atoms with E-state index in [0.717, 1.165) is 30.8 Å². The summed E-state index contributed by atoms with van der Waals surface area (Å²) >= 11 is 13.0. The van der Waals surface area contributed by atoms with E-state index < -0.39 is 0 Å². The van der Waals surface area contributed by atoms with Gasteiger partial charge in [-0.2, -0.15) is 4.98 Å². The number of aromatic amines is 1. The van der Waals surface area contributed by atoms with Crippen molar-refractivity contribution >= 4 is 58.4 Å². The fourth-order valence-electron chi connectivity index (χ4n) is 5.43. The van der Waals surface area contributed by atoms with Gasteiger partial charge >= 0.3 is 0 Å². The van der Waals surface area contributed by atoms with Gasteiger partial charge in [0.15, 0.2) is 5.82 Å². The van der Waals surface area contributed by atoms with E-state index in [1.807, 2.05) is 13.8 Å². The molecule has 0 aromatic carbocycles. The van der Waals surface area contributed by atoms with Gasteiger partial charge in [-0.15, -0.1) is 0 Å². The van der Waals surface area contributed by atoms with Crippen molar-refractivity contribution in [2.24, 2.45) is 0 Å². The van der Waals surface area contributed by atoms with Gasteiger partial charge in [-0.05, 0) is 58.3 Å². The van der Waals surface area contributed by atoms with E-state index in [4.69, 9.17) is 33.7 Å². The number of hydrogen-bond acceptors (Lipinski definition) is 8. The molecule has 41 heavy (non-hydrogen) atoms. The minimum atomic E-state index is -0.371. The maximum Gasteiger partial charge on any atom is 0.260 e. The largest absolute Gasteiger partial charge is 0.496 e. The summed E-state index contributed by atoms with van der Waals surface area (Å²) in [6.45, 7) is 9.07. The van der Waals surface area contributed by atoms with Crippen molar-refractivity contribution in [1.29, 1.82) is 0 Å². The summed E-state index contributed by atoms with van der Waals surface area (Å²) in [6.07, 6.45) is 5.68. The molecule has 4 N–H and O–H groups in total. The molecule has 216 valence electrons. The van der Waals surface area contributed by atoms with Crippen molar-refractivity contribution in [3.63, 3.8) is 0 Å². The molecule has 0 atom stereocenters. The quantitative estimate of drug-likeness (QED) is 0.261. The number of H-pyrrole nitrogens is 1. The summed E-state index contributed by atoms with van der Waals surface area (Å²) in [5.74, 6) is 0.252. The van der Waals surface area contributed by atoms with Gasteiger partial charge in [0.1, 0.15) is 16.1 Å². The number of aryl methyl sites for hydroxylation is 1. The Morgan fingerprint density at radius 3 is 2.63 bits per heavy atom. The molecule has 13 heteroatoms. The Hall–Kier alpha value is -3.67. The monoisotopic (exact) mass is 598 g/mol. The van der Waals surface area contributed by atoms with Gasteiger partial charge in [0.05, 0.1) is 36.0 Å². The third-order valence-electron chi connectivity index (χ3n) is 7.59. The van der Waals surface area contributed by atoms with Crippen LogP contribution in [0.25, 0.3) is 11.6 Å². The minimum Gasteiger partial charge on any atom is -0.496 e. The summed E-state index contributed by atoms with van der Waals surface area (Å²) < 4.78 is 5.54. The number of pyridine rings is 1. The van der Waals surface area contributed by atoms with E-state index in [1.54, 1.807) is 26.3 Å². The number of likely N-dealkylation sites (tertiary alicyclic amines) is 1. The molecule has 3 aromatic rings. The Kier molecular flexibility index (Phi) is 8.21. The van der Waals surface area contributed by atoms with Crippen LogP contribution in [-0.2, 0) is 11.3 Å². The Morgan fingerprint density at radius 1 is 1.20 bits per heavy atom. The Balaban J connectivity index is 1.47. The molecule has 0 spiro atoms. The molecule has 0 aliphatic carbocycles. The maximum atomic E-state index is 13.9. The summed E-state index contributed by atoms with van der Waals surface area (Å²) in [6, 6.07) is 0. The number of methoxy groups -OCH3 is 1. The van der Waals surface area contributed by atoms with E-state index in [2.05, 4.69) is 30.2 Å². The number of rotatable bonds is 8. The molecule has 5 heterocycles. The van der Waals surface area contributed by atoms with Crippen LogP contribution in [0.4, 0.5) is 11.8 Å². The zero-order valence-corrected chi connectivity index (χ0v) is 24.9. The van der Waals surface area contributed by atoms with Crippen molar-refractivity contribution in [2.75, 3.05) is 43.9 Å². The van der Waals surface area contributed by atoms with Crippen LogP contribution < -0.4 is 20.7 Å². The molecule has 0 bridgehead atoms. The number of fused-ring (bicyclic) bond motifs is 1. The summed E-state index contributed by atoms with van der Waals surface area (Å²) in [4.78, 5) is 46.7. The van der Waals surface area contributed by atoms with E-state index in [0.29, 0.717) is 40.4 Å². The highest BCUT2D eigenvalue weighted by Gasteiger charge is 2.38. The first kappa shape index (κ1) is 28.8. The first-order valence-electron chi connectivity index (χ1n) is 13.3. The van der Waals surface area contributed by atoms with E-state index in [1.165, 1.54) is 17.7 Å². The van der Waals surface area contributed by atoms with Crippen molar-refractivity contribution < 1.29 is 14.3 Å². The number of anilines is 2. The van der Waals surface area contributed by atoms with E-state index >= 15 is 0 Å². The van der Waals surface area contributed by atoms with Crippen LogP contribution in [-0.4, -0.2) is 69.9 Å². The highest BCUT2D eigenvalue weighted by atomic mass is 35.5. The molecule has 11 nitrogen and oxygen atoms in total. The van der Waals surface area contributed by atoms with Crippen molar-refractivity contribution in [2.45, 2.75) is 40.2 Å². The van der Waals surface area contributed by atoms with Crippen LogP contribution >= 0.6 is 23.2 Å². The third-order valence-corrected chi connectivity index (χ3v) is 8.15. The smallest absolute Gasteiger partial charge is 0.260 e. The van der Waals surface area contributed by atoms with Gasteiger partial charge in [-0.1, -0.05) is 23.2 Å². The van der Waals surface area contributed by atoms with Crippen molar-refractivity contribution in [3.8, 4) is 5.75 Å². The van der Waals surface area contributed by atoms with E-state index in [-0.39, 0.29) is 46.0 Å². The van der Waals surface area contributed by atoms with Crippen molar-refractivity contribution in [1.82, 2.24) is 30.2 Å². The van der Waals surface area contributed by atoms with Crippen LogP contribution in [0.3, 0.4) is 0 Å². The van der Waals surface area contributed by atoms with Crippen LogP contribution in [0.1, 0.15) is 56.8 Å². The number of nitrogens with two attached hydrogens (primary N) is 1. The lowest BCUT2D eigenvalue weighted by Crippen LogP contribution is -2.33. The lowest BCUT2D eigenvalue weighted by Gasteiger charge is -2.19. The van der Waals surface area contributed by atoms with Crippen LogP contribution in [0.5, 0.6) is 5.75 Å². The highest BCUT2D eigenvalue weighted by Crippen LogP contribution is 2.42. The van der Waals surface area contributed by atoms with Gasteiger partial charge < -0.3 is 25.7 Å². The number of nitrogens with one attached hydrogen (secondary N) is 2. The third kappa shape index (κ3) is 5.49. The van der Waals surface area contributed by atoms with Crippen LogP contribution in [0.15, 0.2) is 6.20 Å². The molecule has 0 saturated carbocycles. The first-order valence-corrected chi connectivity index (χ1v) is 14.1. The number of ether oxygens (including phenoxy) is 1. The second-order valence-corrected chi connectivity index (χ2v) is 11.0. The molecule has 5 rings (SSSR count). The Labute approximate surface area is 248 Å². The SMILES string of the molecule is COc1c(C)cnc(CN2C(=O)/C(=C\c3[nH]c(Cl)c(C(=O)NCCN4CCCC4)c3C)c3c(Cl)nc(N)nc32)c1C. The summed E-state index contributed by atoms with van der Waals surface area (Å²) in [5, 5.41) is 3.17. The number of hydrogen-bond donors (Lipinski definition) is 3. The molecule has 0 radical (unpaired) electrons. The van der Waals surface area contributed by atoms with Gasteiger partial charge in [0, 0.05) is 36.1 Å². The summed E-state index contributed by atoms with van der Waals surface area (Å²) in [5.41, 5.74) is 10.2. The van der Waals surface area contributed by atoms with Crippen LogP contribution in [0.2, 0.25) is 10.3 Å². The standard InChI is InChI=1S/C28H32Cl2N8O3/c1-14-12-33-19(16(3)22(14)41-4)13-38-25-21(24(30)35-28(31)36-25)17(27(38)40)11-18-15(2)20(23(29)34-18)26(39)32-7-10-37-8-5-6-9-37/h11-12,34H,5-10,13H2,1-4H3,(H,32,39)(H2,31,35,36)/b17-11-. The topological polar surface area (TPSA) is 142 Å². The minimum absolute atomic E-state index is 0.0379. The highest BCUT2D eigenvalue weighted by molar-refractivity contribution is 6.41. The molecule has 2 aliphatic heterocycles. The summed E-state index contributed by atoms with van der Waals surface area (Å²) in [7, 11) is 1.59. The van der Waals surface area contributed by atoms with Gasteiger partial charge in [-0.25, -0.2) is 4.98 Å². The molecular formula is C28H32Cl2N8O3. The molecule has 3 aromatic heterocycles. The van der Waals surface area contributed by atoms with Crippen LogP contribution in [0, 0.1) is 20.8 Å². The number of halogens is 2. The second-order valence-electron chi connectivity index (χ2n) is 10.2. The maximum absolute atomic E-state index is 13.9. The Morgan fingerprint density at radius 2 is 1.93 bits per heavy atom. The predicted molar refractivity (Wildman–Crippen MR) is 159 cm³/mol. The zero-order chi connectivity index (χ0) is 29.4. The average molecular weight is 600 g/mol. The Bertz CT molecular complexity index is 1560. The van der Waals surface area contributed by atoms with Gasteiger partial charge in [0.25, 0.3) is 11.8 Å². The molecule has 1 saturated heterocycles. The predicted octanol–water partition coefficient (Wildman–Crippen LogP) is 3.94. The number of nitrogen functional groups attached to an aromatic ring is 1. The van der Waals surface area contributed by atoms with E-state index in [9.17, 15) is 9.59 Å².